The Balaban J connectivity index is 0. The topological polar surface area (TPSA) is 202 Å². The fourth-order valence-corrected chi connectivity index (χ4v) is 3.43. The quantitative estimate of drug-likeness (QED) is 0.102. The smallest absolute Gasteiger partial charge is 0.368 e. The lowest BCUT2D eigenvalue weighted by Gasteiger charge is -2.29. The third-order valence-electron chi connectivity index (χ3n) is 2.21. The molecule has 11 nitrogen and oxygen atoms in total. The van der Waals surface area contributed by atoms with Crippen LogP contribution in [-0.4, -0.2) is 48.8 Å². The maximum atomic E-state index is 11.0. The van der Waals surface area contributed by atoms with Crippen LogP contribution in [0.25, 0.3) is 0 Å². The van der Waals surface area contributed by atoms with Crippen LogP contribution < -0.4 is 16.6 Å². The Morgan fingerprint density at radius 1 is 1.15 bits per heavy atom. The molecule has 0 aliphatic heterocycles. The van der Waals surface area contributed by atoms with E-state index in [0.29, 0.717) is 0 Å². The lowest BCUT2D eigenvalue weighted by Crippen LogP contribution is -2.38. The molecule has 0 aliphatic carbocycles. The number of nitrogens with one attached hydrogen (secondary N) is 2. The molecule has 0 aliphatic rings. The first-order valence-electron chi connectivity index (χ1n) is 4.99. The number of hydrogen-bond acceptors (Lipinski definition) is 6. The fraction of sp³-hybridized carbons (Fsp3) is 0.833. The van der Waals surface area contributed by atoms with Gasteiger partial charge in [0.05, 0.1) is 6.54 Å². The predicted octanol–water partition coefficient (Wildman–Crippen LogP) is -2.23. The van der Waals surface area contributed by atoms with Crippen LogP contribution >= 0.6 is 27.6 Å². The fourth-order valence-electron chi connectivity index (χ4n) is 1.17. The Hall–Kier alpha value is -0.0600. The normalized spacial score (nSPS) is 12.7. The first kappa shape index (κ1) is 22.2. The highest BCUT2D eigenvalue weighted by atomic mass is 35.5. The van der Waals surface area contributed by atoms with Crippen LogP contribution in [0.2, 0.25) is 0 Å². The van der Waals surface area contributed by atoms with E-state index in [1.165, 1.54) is 0 Å². The number of carbonyl (C=O) groups excluding carboxylic acids is 1. The minimum atomic E-state index is -5.44. The Morgan fingerprint density at radius 2 is 1.60 bits per heavy atom. The van der Waals surface area contributed by atoms with E-state index < -0.39 is 32.6 Å². The number of rotatable bonds is 8. The summed E-state index contributed by atoms with van der Waals surface area (Å²) in [5.41, 5.74) is 2.06. The third kappa shape index (κ3) is 6.15. The molecule has 0 bridgehead atoms. The molecule has 9 N–H and O–H groups in total. The number of halogens is 1. The molecule has 0 unspecified atom stereocenters. The summed E-state index contributed by atoms with van der Waals surface area (Å²) in [5, 5.41) is 8.29. The summed E-state index contributed by atoms with van der Waals surface area (Å²) in [6.07, 6.45) is -1.12. The average Bonchev–Trinajstić information content (AvgIpc) is 2.21. The zero-order valence-electron chi connectivity index (χ0n) is 10.2. The van der Waals surface area contributed by atoms with E-state index in [1.54, 1.807) is 0 Å². The van der Waals surface area contributed by atoms with Gasteiger partial charge in [-0.15, -0.1) is 12.4 Å². The molecular weight excluding hydrogens is 339 g/mol. The summed E-state index contributed by atoms with van der Waals surface area (Å²) in [7, 11) is -10.9. The number of carbonyl (C=O) groups is 1. The van der Waals surface area contributed by atoms with Gasteiger partial charge in [-0.3, -0.25) is 25.2 Å². The van der Waals surface area contributed by atoms with Gasteiger partial charge in [0.1, 0.15) is 0 Å². The van der Waals surface area contributed by atoms with Crippen LogP contribution in [0, 0.1) is 0 Å². The molecule has 0 atom stereocenters. The van der Waals surface area contributed by atoms with Crippen LogP contribution in [0.5, 0.6) is 0 Å². The Morgan fingerprint density at radius 3 is 1.95 bits per heavy atom. The van der Waals surface area contributed by atoms with E-state index in [4.69, 9.17) is 25.4 Å². The highest BCUT2D eigenvalue weighted by Gasteiger charge is 2.58. The van der Waals surface area contributed by atoms with E-state index in [2.05, 4.69) is 10.7 Å². The van der Waals surface area contributed by atoms with Gasteiger partial charge in [0.2, 0.25) is 5.91 Å². The third-order valence-corrected chi connectivity index (χ3v) is 6.08. The van der Waals surface area contributed by atoms with Crippen molar-refractivity contribution in [3.63, 3.8) is 0 Å². The summed E-state index contributed by atoms with van der Waals surface area (Å²) in [6, 6.07) is 0. The maximum Gasteiger partial charge on any atom is 0.369 e. The number of aliphatic hydroxyl groups is 1. The summed E-state index contributed by atoms with van der Waals surface area (Å²) in [5.74, 6) is 4.34. The van der Waals surface area contributed by atoms with Gasteiger partial charge in [-0.05, 0) is 6.42 Å². The predicted molar refractivity (Wildman–Crippen MR) is 70.7 cm³/mol. The first-order chi connectivity index (χ1) is 8.45. The second-order valence-corrected chi connectivity index (χ2v) is 7.71. The van der Waals surface area contributed by atoms with E-state index >= 15 is 0 Å². The van der Waals surface area contributed by atoms with Crippen molar-refractivity contribution in [3.8, 4) is 0 Å². The van der Waals surface area contributed by atoms with Crippen molar-refractivity contribution in [2.45, 2.75) is 17.9 Å². The monoisotopic (exact) mass is 357 g/mol. The number of hydrogen-bond donors (Lipinski definition) is 8. The largest absolute Gasteiger partial charge is 0.369 e. The number of amides is 1. The van der Waals surface area contributed by atoms with Crippen LogP contribution in [0.15, 0.2) is 0 Å². The standard InChI is InChI=1S/C6H17N3O8P2.ClH/c7-9-4-5(10)8-3-1-2-6(11,18(12,13)14)19(15,16)17;/h9,11H,1-4,7H2,(H,8,10)(H2,12,13,14)(H2,15,16,17);1H. The lowest BCUT2D eigenvalue weighted by molar-refractivity contribution is -0.120. The average molecular weight is 358 g/mol. The van der Waals surface area contributed by atoms with Crippen molar-refractivity contribution < 1.29 is 38.6 Å². The second-order valence-electron chi connectivity index (χ2n) is 3.70. The molecular formula is C6H18ClN3O8P2. The molecule has 0 aromatic rings. The Bertz CT molecular complexity index is 387. The summed E-state index contributed by atoms with van der Waals surface area (Å²) >= 11 is 0. The van der Waals surface area contributed by atoms with Gasteiger partial charge in [-0.2, -0.15) is 0 Å². The van der Waals surface area contributed by atoms with Gasteiger partial charge in [-0.25, -0.2) is 0 Å². The molecule has 14 heteroatoms. The van der Waals surface area contributed by atoms with Crippen LogP contribution in [0.1, 0.15) is 12.8 Å². The van der Waals surface area contributed by atoms with Gasteiger partial charge in [0, 0.05) is 13.0 Å². The molecule has 122 valence electrons. The highest BCUT2D eigenvalue weighted by molar-refractivity contribution is 7.72. The van der Waals surface area contributed by atoms with Crippen LogP contribution in [0.3, 0.4) is 0 Å². The molecule has 0 aromatic carbocycles. The molecule has 0 spiro atoms. The van der Waals surface area contributed by atoms with Gasteiger partial charge in [-0.1, -0.05) is 0 Å². The van der Waals surface area contributed by atoms with E-state index in [-0.39, 0.29) is 31.9 Å². The molecule has 20 heavy (non-hydrogen) atoms. The minimum Gasteiger partial charge on any atom is -0.368 e. The lowest BCUT2D eigenvalue weighted by atomic mass is 10.3. The van der Waals surface area contributed by atoms with Gasteiger partial charge in [0.15, 0.2) is 0 Å². The van der Waals surface area contributed by atoms with E-state index in [0.717, 1.165) is 0 Å². The molecule has 0 radical (unpaired) electrons. The summed E-state index contributed by atoms with van der Waals surface area (Å²) in [6.45, 7) is -0.329. The second kappa shape index (κ2) is 8.40. The van der Waals surface area contributed by atoms with Crippen molar-refractivity contribution in [1.29, 1.82) is 0 Å². The zero-order valence-corrected chi connectivity index (χ0v) is 12.8. The molecule has 0 fully saturated rings. The summed E-state index contributed by atoms with van der Waals surface area (Å²) in [4.78, 5) is 46.2. The number of hydrazine groups is 1. The number of nitrogens with two attached hydrogens (primary N) is 1. The SMILES string of the molecule is Cl.NNCC(=O)NCCCC(O)(P(=O)(O)O)P(=O)(O)O. The van der Waals surface area contributed by atoms with Crippen molar-refractivity contribution in [3.05, 3.63) is 0 Å². The molecule has 0 heterocycles. The van der Waals surface area contributed by atoms with E-state index in [9.17, 15) is 19.0 Å². The molecule has 0 rings (SSSR count). The van der Waals surface area contributed by atoms with Crippen molar-refractivity contribution in [2.24, 2.45) is 5.84 Å². The minimum absolute atomic E-state index is 0. The van der Waals surface area contributed by atoms with Gasteiger partial charge in [0.25, 0.3) is 5.08 Å². The highest BCUT2D eigenvalue weighted by Crippen LogP contribution is 2.69. The first-order valence-corrected chi connectivity index (χ1v) is 8.22. The van der Waals surface area contributed by atoms with Gasteiger partial charge >= 0.3 is 15.2 Å². The molecule has 1 amide bonds. The van der Waals surface area contributed by atoms with Crippen LogP contribution in [-0.2, 0) is 13.9 Å². The zero-order chi connectivity index (χ0) is 15.3. The van der Waals surface area contributed by atoms with Crippen LogP contribution in [0.4, 0.5) is 0 Å². The Labute approximate surface area is 120 Å². The van der Waals surface area contributed by atoms with Gasteiger partial charge < -0.3 is 30.0 Å². The molecule has 0 saturated carbocycles. The Kier molecular flexibility index (Phi) is 9.33. The van der Waals surface area contributed by atoms with Crippen molar-refractivity contribution >= 4 is 33.5 Å². The molecule has 0 saturated heterocycles. The van der Waals surface area contributed by atoms with Crippen molar-refractivity contribution in [2.75, 3.05) is 13.1 Å². The summed E-state index contributed by atoms with van der Waals surface area (Å²) < 4.78 is 21.9. The maximum absolute atomic E-state index is 11.0. The van der Waals surface area contributed by atoms with E-state index in [1.807, 2.05) is 0 Å². The van der Waals surface area contributed by atoms with Crippen molar-refractivity contribution in [1.82, 2.24) is 10.7 Å². The molecule has 0 aromatic heterocycles.